The molecular formula is C18H23N3O4. The van der Waals surface area contributed by atoms with Gasteiger partial charge in [-0.1, -0.05) is 0 Å². The topological polar surface area (TPSA) is 65.8 Å². The molecule has 3 rings (SSSR count). The highest BCUT2D eigenvalue weighted by Crippen LogP contribution is 2.38. The van der Waals surface area contributed by atoms with Gasteiger partial charge in [0.1, 0.15) is 5.82 Å². The Kier molecular flexibility index (Phi) is 5.11. The summed E-state index contributed by atoms with van der Waals surface area (Å²) in [4.78, 5) is 18.0. The highest BCUT2D eigenvalue weighted by atomic mass is 16.6. The van der Waals surface area contributed by atoms with Gasteiger partial charge in [-0.15, -0.1) is 0 Å². The van der Waals surface area contributed by atoms with Gasteiger partial charge in [0.25, 0.3) is 0 Å². The Labute approximate surface area is 147 Å². The molecule has 1 aliphatic rings. The lowest BCUT2D eigenvalue weighted by Crippen LogP contribution is -2.39. The van der Waals surface area contributed by atoms with Gasteiger partial charge in [0.2, 0.25) is 0 Å². The van der Waals surface area contributed by atoms with E-state index >= 15 is 0 Å². The minimum Gasteiger partial charge on any atom is -0.493 e. The molecule has 7 nitrogen and oxygen atoms in total. The zero-order chi connectivity index (χ0) is 17.8. The SMILES string of the molecule is COc1cc(C)cc(-c2nccn2CCN2CCCOC2=O)c1OC. The molecule has 2 aromatic rings. The van der Waals surface area contributed by atoms with E-state index in [-0.39, 0.29) is 6.09 Å². The van der Waals surface area contributed by atoms with E-state index in [0.29, 0.717) is 31.2 Å². The van der Waals surface area contributed by atoms with Crippen LogP contribution in [-0.4, -0.2) is 54.5 Å². The van der Waals surface area contributed by atoms with Gasteiger partial charge >= 0.3 is 6.09 Å². The number of amides is 1. The van der Waals surface area contributed by atoms with Crippen LogP contribution in [0.5, 0.6) is 11.5 Å². The summed E-state index contributed by atoms with van der Waals surface area (Å²) in [6.45, 7) is 4.44. The van der Waals surface area contributed by atoms with E-state index in [2.05, 4.69) is 4.98 Å². The second-order valence-corrected chi connectivity index (χ2v) is 5.95. The van der Waals surface area contributed by atoms with Crippen molar-refractivity contribution in [2.24, 2.45) is 0 Å². The van der Waals surface area contributed by atoms with Crippen LogP contribution in [0.25, 0.3) is 11.4 Å². The van der Waals surface area contributed by atoms with Crippen molar-refractivity contribution < 1.29 is 19.0 Å². The molecular weight excluding hydrogens is 322 g/mol. The summed E-state index contributed by atoms with van der Waals surface area (Å²) in [7, 11) is 3.24. The summed E-state index contributed by atoms with van der Waals surface area (Å²) in [5.74, 6) is 2.11. The first-order chi connectivity index (χ1) is 12.1. The minimum absolute atomic E-state index is 0.247. The van der Waals surface area contributed by atoms with Crippen molar-refractivity contribution in [1.82, 2.24) is 14.5 Å². The Morgan fingerprint density at radius 3 is 2.80 bits per heavy atom. The summed E-state index contributed by atoms with van der Waals surface area (Å²) in [5, 5.41) is 0. The van der Waals surface area contributed by atoms with Crippen molar-refractivity contribution in [3.8, 4) is 22.9 Å². The predicted molar refractivity (Wildman–Crippen MR) is 93.0 cm³/mol. The largest absolute Gasteiger partial charge is 0.493 e. The molecule has 25 heavy (non-hydrogen) atoms. The van der Waals surface area contributed by atoms with Crippen molar-refractivity contribution in [1.29, 1.82) is 0 Å². The molecule has 1 aliphatic heterocycles. The Morgan fingerprint density at radius 1 is 1.24 bits per heavy atom. The van der Waals surface area contributed by atoms with E-state index in [0.717, 1.165) is 29.9 Å². The number of rotatable bonds is 6. The predicted octanol–water partition coefficient (Wildman–Crippen LogP) is 2.72. The second-order valence-electron chi connectivity index (χ2n) is 5.95. The second kappa shape index (κ2) is 7.46. The number of methoxy groups -OCH3 is 2. The molecule has 2 heterocycles. The lowest BCUT2D eigenvalue weighted by molar-refractivity contribution is 0.0716. The number of hydrogen-bond acceptors (Lipinski definition) is 5. The Balaban J connectivity index is 1.86. The van der Waals surface area contributed by atoms with Crippen molar-refractivity contribution in [3.05, 3.63) is 30.1 Å². The molecule has 1 aromatic heterocycles. The molecule has 0 spiro atoms. The number of carbonyl (C=O) groups is 1. The average molecular weight is 345 g/mol. The first kappa shape index (κ1) is 17.1. The third-order valence-corrected chi connectivity index (χ3v) is 4.25. The fourth-order valence-electron chi connectivity index (χ4n) is 3.03. The standard InChI is InChI=1S/C18H23N3O4/c1-13-11-14(16(24-3)15(12-13)23-2)17-19-5-7-20(17)8-9-21-6-4-10-25-18(21)22/h5,7,11-12H,4,6,8-10H2,1-3H3. The van der Waals surface area contributed by atoms with Crippen LogP contribution in [-0.2, 0) is 11.3 Å². The lowest BCUT2D eigenvalue weighted by atomic mass is 10.1. The van der Waals surface area contributed by atoms with Gasteiger partial charge in [-0.3, -0.25) is 0 Å². The molecule has 1 amide bonds. The Bertz CT molecular complexity index is 757. The summed E-state index contributed by atoms with van der Waals surface area (Å²) >= 11 is 0. The Morgan fingerprint density at radius 2 is 2.08 bits per heavy atom. The average Bonchev–Trinajstić information content (AvgIpc) is 3.08. The van der Waals surface area contributed by atoms with Crippen LogP contribution in [0, 0.1) is 6.92 Å². The fourth-order valence-corrected chi connectivity index (χ4v) is 3.03. The van der Waals surface area contributed by atoms with Crippen molar-refractivity contribution in [2.75, 3.05) is 33.9 Å². The maximum atomic E-state index is 11.8. The quantitative estimate of drug-likeness (QED) is 0.805. The summed E-state index contributed by atoms with van der Waals surface area (Å²) in [6.07, 6.45) is 4.27. The van der Waals surface area contributed by atoms with Gasteiger partial charge in [-0.2, -0.15) is 0 Å². The number of cyclic esters (lactones) is 1. The molecule has 0 radical (unpaired) electrons. The normalized spacial score (nSPS) is 14.4. The van der Waals surface area contributed by atoms with Crippen LogP contribution in [0.15, 0.2) is 24.5 Å². The van der Waals surface area contributed by atoms with Crippen LogP contribution in [0.3, 0.4) is 0 Å². The Hall–Kier alpha value is -2.70. The molecule has 0 bridgehead atoms. The van der Waals surface area contributed by atoms with E-state index in [1.165, 1.54) is 0 Å². The number of hydrogen-bond donors (Lipinski definition) is 0. The smallest absolute Gasteiger partial charge is 0.409 e. The molecule has 0 atom stereocenters. The van der Waals surface area contributed by atoms with Gasteiger partial charge in [-0.05, 0) is 31.0 Å². The molecule has 0 saturated carbocycles. The molecule has 1 fully saturated rings. The van der Waals surface area contributed by atoms with Crippen LogP contribution in [0.2, 0.25) is 0 Å². The third-order valence-electron chi connectivity index (χ3n) is 4.25. The number of nitrogens with zero attached hydrogens (tertiary/aromatic N) is 3. The molecule has 0 N–H and O–H groups in total. The molecule has 0 aliphatic carbocycles. The number of benzene rings is 1. The maximum absolute atomic E-state index is 11.8. The summed E-state index contributed by atoms with van der Waals surface area (Å²) < 4.78 is 18.1. The van der Waals surface area contributed by atoms with Gasteiger partial charge in [0, 0.05) is 32.0 Å². The van der Waals surface area contributed by atoms with Crippen LogP contribution in [0.1, 0.15) is 12.0 Å². The van der Waals surface area contributed by atoms with E-state index in [1.807, 2.05) is 29.8 Å². The van der Waals surface area contributed by atoms with Gasteiger partial charge in [-0.25, -0.2) is 9.78 Å². The zero-order valence-electron chi connectivity index (χ0n) is 14.8. The first-order valence-corrected chi connectivity index (χ1v) is 8.30. The number of ether oxygens (including phenoxy) is 3. The lowest BCUT2D eigenvalue weighted by Gasteiger charge is -2.26. The van der Waals surface area contributed by atoms with E-state index in [4.69, 9.17) is 14.2 Å². The molecule has 7 heteroatoms. The monoisotopic (exact) mass is 345 g/mol. The van der Waals surface area contributed by atoms with E-state index in [1.54, 1.807) is 25.3 Å². The van der Waals surface area contributed by atoms with Crippen molar-refractivity contribution in [3.63, 3.8) is 0 Å². The van der Waals surface area contributed by atoms with Crippen molar-refractivity contribution >= 4 is 6.09 Å². The first-order valence-electron chi connectivity index (χ1n) is 8.30. The third kappa shape index (κ3) is 3.55. The fraction of sp³-hybridized carbons (Fsp3) is 0.444. The number of imidazole rings is 1. The zero-order valence-corrected chi connectivity index (χ0v) is 14.8. The summed E-state index contributed by atoms with van der Waals surface area (Å²) in [6, 6.07) is 3.95. The highest BCUT2D eigenvalue weighted by Gasteiger charge is 2.21. The van der Waals surface area contributed by atoms with Crippen molar-refractivity contribution in [2.45, 2.75) is 19.9 Å². The number of aromatic nitrogens is 2. The maximum Gasteiger partial charge on any atom is 0.409 e. The minimum atomic E-state index is -0.247. The van der Waals surface area contributed by atoms with Gasteiger partial charge < -0.3 is 23.7 Å². The molecule has 1 saturated heterocycles. The van der Waals surface area contributed by atoms with Crippen LogP contribution >= 0.6 is 0 Å². The van der Waals surface area contributed by atoms with E-state index < -0.39 is 0 Å². The van der Waals surface area contributed by atoms with Gasteiger partial charge in [0.15, 0.2) is 11.5 Å². The van der Waals surface area contributed by atoms with Crippen LogP contribution < -0.4 is 9.47 Å². The summed E-state index contributed by atoms with van der Waals surface area (Å²) in [5.41, 5.74) is 1.92. The van der Waals surface area contributed by atoms with E-state index in [9.17, 15) is 4.79 Å². The highest BCUT2D eigenvalue weighted by molar-refractivity contribution is 5.70. The van der Waals surface area contributed by atoms with Gasteiger partial charge in [0.05, 0.1) is 26.4 Å². The molecule has 0 unspecified atom stereocenters. The molecule has 1 aromatic carbocycles. The van der Waals surface area contributed by atoms with Crippen LogP contribution in [0.4, 0.5) is 4.79 Å². The molecule has 134 valence electrons. The number of aryl methyl sites for hydroxylation is 1. The number of carbonyl (C=O) groups excluding carboxylic acids is 1.